The van der Waals surface area contributed by atoms with Crippen LogP contribution in [0.15, 0.2) is 29.6 Å². The second kappa shape index (κ2) is 16.3. The number of hydrogen-bond acceptors (Lipinski definition) is 11. The summed E-state index contributed by atoms with van der Waals surface area (Å²) in [5.41, 5.74) is 0.103. The zero-order valence-electron chi connectivity index (χ0n) is 34.0. The Morgan fingerprint density at radius 3 is 2.42 bits per heavy atom. The summed E-state index contributed by atoms with van der Waals surface area (Å²) in [6.07, 6.45) is 4.00. The summed E-state index contributed by atoms with van der Waals surface area (Å²) >= 11 is 1.57. The van der Waals surface area contributed by atoms with Crippen LogP contribution in [0.25, 0.3) is 22.3 Å². The molecule has 308 valence electrons. The van der Waals surface area contributed by atoms with Crippen LogP contribution in [-0.2, 0) is 30.3 Å². The second-order valence-corrected chi connectivity index (χ2v) is 19.3. The van der Waals surface area contributed by atoms with Crippen molar-refractivity contribution in [2.75, 3.05) is 19.8 Å². The average Bonchev–Trinajstić information content (AvgIpc) is 3.82. The van der Waals surface area contributed by atoms with E-state index in [0.29, 0.717) is 64.4 Å². The molecule has 0 bridgehead atoms. The lowest BCUT2D eigenvalue weighted by atomic mass is 9.77. The van der Waals surface area contributed by atoms with Gasteiger partial charge in [-0.15, -0.1) is 11.3 Å². The van der Waals surface area contributed by atoms with Gasteiger partial charge in [-0.3, -0.25) is 19.2 Å². The van der Waals surface area contributed by atoms with Gasteiger partial charge < -0.3 is 29.3 Å². The quantitative estimate of drug-likeness (QED) is 0.133. The Morgan fingerprint density at radius 1 is 1.02 bits per heavy atom. The highest BCUT2D eigenvalue weighted by Crippen LogP contribution is 2.58. The van der Waals surface area contributed by atoms with Gasteiger partial charge in [0.1, 0.15) is 30.3 Å². The van der Waals surface area contributed by atoms with Crippen LogP contribution in [-0.4, -0.2) is 86.7 Å². The number of carboxylic acid groups (broad SMARTS) is 1. The Balaban J connectivity index is 1.19. The van der Waals surface area contributed by atoms with Gasteiger partial charge in [0.05, 0.1) is 58.9 Å². The fourth-order valence-corrected chi connectivity index (χ4v) is 10.2. The fourth-order valence-electron chi connectivity index (χ4n) is 9.16. The largest absolute Gasteiger partial charge is 0.491 e. The summed E-state index contributed by atoms with van der Waals surface area (Å²) in [6.45, 7) is 12.0. The number of aromatic nitrogens is 2. The predicted molar refractivity (Wildman–Crippen MR) is 215 cm³/mol. The van der Waals surface area contributed by atoms with E-state index >= 15 is 0 Å². The lowest BCUT2D eigenvalue weighted by Crippen LogP contribution is -2.48. The Kier molecular flexibility index (Phi) is 11.7. The molecule has 3 heterocycles. The van der Waals surface area contributed by atoms with Gasteiger partial charge >= 0.3 is 11.9 Å². The normalized spacial score (nSPS) is 27.0. The Labute approximate surface area is 338 Å². The van der Waals surface area contributed by atoms with E-state index in [1.165, 1.54) is 6.42 Å². The first-order valence-corrected chi connectivity index (χ1v) is 21.5. The number of carbonyl (C=O) groups is 4. The third kappa shape index (κ3) is 8.99. The number of thiazole rings is 1. The number of benzene rings is 1. The van der Waals surface area contributed by atoms with Crippen molar-refractivity contribution >= 4 is 45.9 Å². The standard InChI is InChI=1S/C44H57N3O9S/c1-7-27-20-44(27,42(52)53)21-37(49)36-17-30(22-47(36)41(51)32(43(4,5)6)18-40(50)56-29-14-25-13-26(25)15-29)55-38-19-34(35-23-57-39(46-35)12-24(2)3)45-33-16-28(54-11-10-48)8-9-31(33)38/h8-9,16,19,23-27,29-30,32,36,48H,7,10-15,17-18,20-22H2,1-6H3,(H,52,53)/t25-,26+,27-,29?,30-,32-,36+,44-/m1/s1. The van der Waals surface area contributed by atoms with E-state index in [-0.39, 0.29) is 62.7 Å². The molecule has 0 radical (unpaired) electrons. The predicted octanol–water partition coefficient (Wildman–Crippen LogP) is 7.13. The van der Waals surface area contributed by atoms with E-state index in [4.69, 9.17) is 24.2 Å². The van der Waals surface area contributed by atoms with Crippen molar-refractivity contribution in [1.29, 1.82) is 0 Å². The number of ketones is 1. The van der Waals surface area contributed by atoms with Crippen molar-refractivity contribution in [3.8, 4) is 22.9 Å². The number of Topliss-reactive ketones (excluding diaryl/α,β-unsaturated/α-hetero) is 1. The lowest BCUT2D eigenvalue weighted by molar-refractivity contribution is -0.157. The number of esters is 1. The molecule has 13 heteroatoms. The third-order valence-electron chi connectivity index (χ3n) is 12.6. The van der Waals surface area contributed by atoms with E-state index in [2.05, 4.69) is 13.8 Å². The van der Waals surface area contributed by atoms with Crippen molar-refractivity contribution in [1.82, 2.24) is 14.9 Å². The maximum atomic E-state index is 14.8. The number of aliphatic carboxylic acids is 1. The molecule has 3 saturated carbocycles. The summed E-state index contributed by atoms with van der Waals surface area (Å²) < 4.78 is 18.4. The number of carbonyl (C=O) groups excluding carboxylic acids is 3. The van der Waals surface area contributed by atoms with Gasteiger partial charge in [-0.25, -0.2) is 9.97 Å². The molecule has 1 aliphatic heterocycles. The number of likely N-dealkylation sites (tertiary alicyclic amines) is 1. The summed E-state index contributed by atoms with van der Waals surface area (Å²) in [4.78, 5) is 66.4. The van der Waals surface area contributed by atoms with Gasteiger partial charge in [0, 0.05) is 42.2 Å². The molecule has 8 atom stereocenters. The Morgan fingerprint density at radius 2 is 1.77 bits per heavy atom. The number of nitrogens with zero attached hydrogens (tertiary/aromatic N) is 3. The molecule has 1 unspecified atom stereocenters. The van der Waals surface area contributed by atoms with E-state index in [9.17, 15) is 29.4 Å². The van der Waals surface area contributed by atoms with Crippen molar-refractivity contribution in [3.05, 3.63) is 34.7 Å². The number of ether oxygens (including phenoxy) is 3. The summed E-state index contributed by atoms with van der Waals surface area (Å²) in [6, 6.07) is 6.31. The van der Waals surface area contributed by atoms with E-state index in [1.54, 1.807) is 28.4 Å². The number of rotatable bonds is 17. The topological polar surface area (TPSA) is 165 Å². The molecule has 3 aromatic rings. The molecule has 1 saturated heterocycles. The van der Waals surface area contributed by atoms with Gasteiger partial charge in [-0.1, -0.05) is 48.0 Å². The Hall–Kier alpha value is -4.10. The first-order chi connectivity index (χ1) is 27.1. The van der Waals surface area contributed by atoms with E-state index in [1.807, 2.05) is 45.2 Å². The van der Waals surface area contributed by atoms with Crippen molar-refractivity contribution in [2.45, 2.75) is 118 Å². The molecule has 4 aliphatic rings. The fraction of sp³-hybridized carbons (Fsp3) is 0.636. The van der Waals surface area contributed by atoms with Gasteiger partial charge in [0.25, 0.3) is 0 Å². The first-order valence-electron chi connectivity index (χ1n) is 20.6. The van der Waals surface area contributed by atoms with Crippen LogP contribution in [0.3, 0.4) is 0 Å². The second-order valence-electron chi connectivity index (χ2n) is 18.3. The van der Waals surface area contributed by atoms with Crippen LogP contribution >= 0.6 is 11.3 Å². The molecule has 1 aromatic carbocycles. The zero-order chi connectivity index (χ0) is 40.8. The molecule has 7 rings (SSSR count). The van der Waals surface area contributed by atoms with Crippen molar-refractivity contribution in [2.24, 2.45) is 40.4 Å². The number of pyridine rings is 1. The summed E-state index contributed by atoms with van der Waals surface area (Å²) in [7, 11) is 0. The highest BCUT2D eigenvalue weighted by molar-refractivity contribution is 7.09. The third-order valence-corrected chi connectivity index (χ3v) is 13.4. The molecular formula is C44H57N3O9S. The van der Waals surface area contributed by atoms with Crippen molar-refractivity contribution in [3.63, 3.8) is 0 Å². The summed E-state index contributed by atoms with van der Waals surface area (Å²) in [5.74, 6) is -0.170. The molecule has 57 heavy (non-hydrogen) atoms. The lowest BCUT2D eigenvalue weighted by Gasteiger charge is -2.35. The molecule has 2 aromatic heterocycles. The smallest absolute Gasteiger partial charge is 0.310 e. The number of aliphatic hydroxyl groups excluding tert-OH is 1. The molecule has 4 fully saturated rings. The highest BCUT2D eigenvalue weighted by atomic mass is 32.1. The van der Waals surface area contributed by atoms with Gasteiger partial charge in [-0.2, -0.15) is 0 Å². The highest BCUT2D eigenvalue weighted by Gasteiger charge is 2.61. The number of aliphatic hydroxyl groups is 1. The van der Waals surface area contributed by atoms with Crippen LogP contribution in [0.2, 0.25) is 0 Å². The Bertz CT molecular complexity index is 2000. The SMILES string of the molecule is CC[C@@H]1C[C@]1(CC(=O)[C@@H]1C[C@@H](Oc2cc(-c3csc(CC(C)C)n3)nc3cc(OCCO)ccc23)CN1C(=O)[C@@H](CC(=O)OC1C[C@@H]2C[C@@H]2C1)C(C)(C)C)C(=O)O. The maximum Gasteiger partial charge on any atom is 0.310 e. The molecule has 1 amide bonds. The van der Waals surface area contributed by atoms with Crippen LogP contribution in [0.4, 0.5) is 0 Å². The zero-order valence-corrected chi connectivity index (χ0v) is 34.8. The molecular weight excluding hydrogens is 747 g/mol. The van der Waals surface area contributed by atoms with Crippen LogP contribution in [0.1, 0.15) is 97.9 Å². The monoisotopic (exact) mass is 803 g/mol. The molecule has 2 N–H and O–H groups in total. The number of fused-ring (bicyclic) bond motifs is 2. The van der Waals surface area contributed by atoms with E-state index in [0.717, 1.165) is 24.3 Å². The number of carboxylic acids is 1. The maximum absolute atomic E-state index is 14.8. The minimum absolute atomic E-state index is 0.0756. The molecule has 3 aliphatic carbocycles. The van der Waals surface area contributed by atoms with Crippen LogP contribution in [0.5, 0.6) is 11.5 Å². The molecule has 12 nitrogen and oxygen atoms in total. The first kappa shape index (κ1) is 41.1. The van der Waals surface area contributed by atoms with Gasteiger partial charge in [-0.05, 0) is 66.9 Å². The average molecular weight is 804 g/mol. The number of amides is 1. The van der Waals surface area contributed by atoms with Crippen LogP contribution in [0, 0.1) is 40.4 Å². The van der Waals surface area contributed by atoms with E-state index < -0.39 is 40.8 Å². The van der Waals surface area contributed by atoms with Crippen molar-refractivity contribution < 1.29 is 43.6 Å². The van der Waals surface area contributed by atoms with Gasteiger partial charge in [0.2, 0.25) is 5.91 Å². The number of hydrogen-bond donors (Lipinski definition) is 2. The summed E-state index contributed by atoms with van der Waals surface area (Å²) in [5, 5.41) is 23.3. The van der Waals surface area contributed by atoms with Gasteiger partial charge in [0.15, 0.2) is 5.78 Å². The van der Waals surface area contributed by atoms with Crippen LogP contribution < -0.4 is 9.47 Å². The minimum Gasteiger partial charge on any atom is -0.491 e. The minimum atomic E-state index is -1.14. The molecule has 0 spiro atoms.